The van der Waals surface area contributed by atoms with Crippen molar-refractivity contribution in [3.63, 3.8) is 0 Å². The predicted molar refractivity (Wildman–Crippen MR) is 106 cm³/mol. The minimum absolute atomic E-state index is 0.0614. The van der Waals surface area contributed by atoms with Gasteiger partial charge in [0.05, 0.1) is 5.69 Å². The smallest absolute Gasteiger partial charge is 0.263 e. The molecule has 0 aliphatic carbocycles. The number of amides is 2. The number of hydrogen-bond donors (Lipinski definition) is 0. The minimum Gasteiger partial charge on any atom is -0.337 e. The van der Waals surface area contributed by atoms with Gasteiger partial charge in [-0.15, -0.1) is 0 Å². The molecule has 30 heavy (non-hydrogen) atoms. The van der Waals surface area contributed by atoms with E-state index in [-0.39, 0.29) is 12.4 Å². The maximum Gasteiger partial charge on any atom is 0.263 e. The van der Waals surface area contributed by atoms with Crippen LogP contribution in [0.3, 0.4) is 0 Å². The largest absolute Gasteiger partial charge is 0.337 e. The first-order valence-electron chi connectivity index (χ1n) is 9.22. The lowest BCUT2D eigenvalue weighted by Crippen LogP contribution is -2.39. The lowest BCUT2D eigenvalue weighted by Gasteiger charge is -2.19. The third kappa shape index (κ3) is 3.03. The van der Waals surface area contributed by atoms with Crippen molar-refractivity contribution in [1.82, 2.24) is 15.1 Å². The second kappa shape index (κ2) is 7.03. The summed E-state index contributed by atoms with van der Waals surface area (Å²) in [6.45, 7) is 2.04. The third-order valence-corrected chi connectivity index (χ3v) is 5.20. The first-order valence-corrected chi connectivity index (χ1v) is 9.59. The Morgan fingerprint density at radius 1 is 1.10 bits per heavy atom. The van der Waals surface area contributed by atoms with Crippen molar-refractivity contribution in [3.8, 4) is 11.4 Å². The van der Waals surface area contributed by atoms with Crippen molar-refractivity contribution < 1.29 is 14.1 Å². The van der Waals surface area contributed by atoms with Crippen molar-refractivity contribution in [2.45, 2.75) is 25.6 Å². The van der Waals surface area contributed by atoms with Gasteiger partial charge < -0.3 is 4.52 Å². The van der Waals surface area contributed by atoms with E-state index in [1.54, 1.807) is 24.3 Å². The molecule has 10 heteroatoms. The number of carbonyl (C=O) groups is 2. The van der Waals surface area contributed by atoms with Crippen LogP contribution in [0.2, 0.25) is 5.02 Å². The molecule has 150 valence electrons. The van der Waals surface area contributed by atoms with E-state index in [0.29, 0.717) is 16.5 Å². The number of imide groups is 1. The van der Waals surface area contributed by atoms with E-state index in [9.17, 15) is 9.59 Å². The van der Waals surface area contributed by atoms with Crippen LogP contribution in [0.25, 0.3) is 11.4 Å². The average Bonchev–Trinajstić information content (AvgIpc) is 3.41. The number of carbonyl (C=O) groups excluding carboxylic acids is 2. The monoisotopic (exact) mass is 422 g/mol. The molecule has 1 fully saturated rings. The zero-order valence-electron chi connectivity index (χ0n) is 15.8. The number of benzene rings is 2. The van der Waals surface area contributed by atoms with Gasteiger partial charge in [0, 0.05) is 10.6 Å². The van der Waals surface area contributed by atoms with Crippen LogP contribution in [0, 0.1) is 6.92 Å². The van der Waals surface area contributed by atoms with Crippen molar-refractivity contribution in [3.05, 3.63) is 65.0 Å². The fourth-order valence-corrected chi connectivity index (χ4v) is 3.77. The summed E-state index contributed by atoms with van der Waals surface area (Å²) in [5.74, 6) is -0.150. The maximum absolute atomic E-state index is 13.0. The topological polar surface area (TPSA) is 104 Å². The van der Waals surface area contributed by atoms with E-state index >= 15 is 0 Å². The quantitative estimate of drug-likeness (QED) is 0.598. The van der Waals surface area contributed by atoms with E-state index in [4.69, 9.17) is 16.1 Å². The Balaban J connectivity index is 1.37. The van der Waals surface area contributed by atoms with Crippen LogP contribution in [0.1, 0.15) is 11.5 Å². The van der Waals surface area contributed by atoms with Crippen LogP contribution in [0.15, 0.2) is 63.4 Å². The van der Waals surface area contributed by atoms with Gasteiger partial charge in [-0.05, 0) is 31.2 Å². The number of aromatic nitrogens is 2. The molecule has 2 aliphatic heterocycles. The van der Waals surface area contributed by atoms with Gasteiger partial charge in [-0.2, -0.15) is 10.1 Å². The van der Waals surface area contributed by atoms with Crippen molar-refractivity contribution in [2.24, 2.45) is 10.3 Å². The minimum atomic E-state index is -0.907. The lowest BCUT2D eigenvalue weighted by atomic mass is 10.1. The number of halogens is 1. The second-order valence-electron chi connectivity index (χ2n) is 7.07. The van der Waals surface area contributed by atoms with Crippen LogP contribution >= 0.6 is 11.6 Å². The van der Waals surface area contributed by atoms with Crippen molar-refractivity contribution >= 4 is 29.1 Å². The van der Waals surface area contributed by atoms with Crippen molar-refractivity contribution in [2.75, 3.05) is 4.90 Å². The molecule has 0 bridgehead atoms. The zero-order valence-corrected chi connectivity index (χ0v) is 16.5. The summed E-state index contributed by atoms with van der Waals surface area (Å²) < 4.78 is 5.33. The Morgan fingerprint density at radius 2 is 1.93 bits per heavy atom. The molecule has 0 N–H and O–H groups in total. The Labute approximate surface area is 175 Å². The molecule has 0 spiro atoms. The number of rotatable bonds is 4. The standard InChI is InChI=1S/C20H15ClN6O3/c1-11-4-2-5-12(8-11)18-22-15(30-24-18)10-26-17-16(23-25-26)19(28)27(20(17)29)14-7-3-6-13(21)9-14/h2-9,16-17H,10H2,1H3/t16-,17-/m0/s1. The molecule has 2 aromatic carbocycles. The molecule has 0 radical (unpaired) electrons. The van der Waals surface area contributed by atoms with Crippen molar-refractivity contribution in [1.29, 1.82) is 0 Å². The predicted octanol–water partition coefficient (Wildman–Crippen LogP) is 3.19. The summed E-state index contributed by atoms with van der Waals surface area (Å²) in [5.41, 5.74) is 2.30. The third-order valence-electron chi connectivity index (χ3n) is 4.97. The van der Waals surface area contributed by atoms with Crippen LogP contribution in [-0.4, -0.2) is 39.0 Å². The molecule has 0 saturated carbocycles. The molecule has 2 atom stereocenters. The van der Waals surface area contributed by atoms with Crippen LogP contribution in [0.5, 0.6) is 0 Å². The van der Waals surface area contributed by atoms with Crippen LogP contribution < -0.4 is 4.90 Å². The van der Waals surface area contributed by atoms with E-state index in [2.05, 4.69) is 20.5 Å². The molecule has 1 aromatic heterocycles. The highest BCUT2D eigenvalue weighted by Crippen LogP contribution is 2.33. The lowest BCUT2D eigenvalue weighted by molar-refractivity contribution is -0.123. The highest BCUT2D eigenvalue weighted by molar-refractivity contribution is 6.31. The Kier molecular flexibility index (Phi) is 4.32. The summed E-state index contributed by atoms with van der Waals surface area (Å²) in [4.78, 5) is 31.2. The number of anilines is 1. The second-order valence-corrected chi connectivity index (χ2v) is 7.50. The Morgan fingerprint density at radius 3 is 2.73 bits per heavy atom. The van der Waals surface area contributed by atoms with E-state index in [0.717, 1.165) is 16.0 Å². The van der Waals surface area contributed by atoms with Gasteiger partial charge in [0.15, 0.2) is 12.1 Å². The SMILES string of the molecule is Cc1cccc(-c2noc(CN3N=N[C@@H]4C(=O)N(c5cccc(Cl)c5)C(=O)[C@H]43)n2)c1. The normalized spacial score (nSPS) is 20.3. The van der Waals surface area contributed by atoms with Gasteiger partial charge in [0.25, 0.3) is 11.8 Å². The highest BCUT2D eigenvalue weighted by atomic mass is 35.5. The number of aryl methyl sites for hydroxylation is 1. The van der Waals surface area contributed by atoms with Gasteiger partial charge in [0.1, 0.15) is 6.54 Å². The van der Waals surface area contributed by atoms with Crippen LogP contribution in [0.4, 0.5) is 5.69 Å². The summed E-state index contributed by atoms with van der Waals surface area (Å²) >= 11 is 6.01. The molecule has 2 aliphatic rings. The fraction of sp³-hybridized carbons (Fsp3) is 0.200. The molecular weight excluding hydrogens is 408 g/mol. The molecule has 9 nitrogen and oxygen atoms in total. The summed E-state index contributed by atoms with van der Waals surface area (Å²) in [6.07, 6.45) is 0. The van der Waals surface area contributed by atoms with Gasteiger partial charge >= 0.3 is 0 Å². The molecular formula is C20H15ClN6O3. The fourth-order valence-electron chi connectivity index (χ4n) is 3.58. The molecule has 0 unspecified atom stereocenters. The molecule has 1 saturated heterocycles. The van der Waals surface area contributed by atoms with E-state index in [1.807, 2.05) is 31.2 Å². The summed E-state index contributed by atoms with van der Waals surface area (Å²) in [7, 11) is 0. The van der Waals surface area contributed by atoms with E-state index < -0.39 is 23.9 Å². The molecule has 5 rings (SSSR count). The maximum atomic E-state index is 13.0. The van der Waals surface area contributed by atoms with Gasteiger partial charge in [-0.25, -0.2) is 4.90 Å². The number of nitrogens with zero attached hydrogens (tertiary/aromatic N) is 6. The molecule has 2 amide bonds. The Bertz CT molecular complexity index is 1190. The van der Waals surface area contributed by atoms with E-state index in [1.165, 1.54) is 5.01 Å². The van der Waals surface area contributed by atoms with Crippen LogP contribution in [-0.2, 0) is 16.1 Å². The molecule has 3 aromatic rings. The summed E-state index contributed by atoms with van der Waals surface area (Å²) in [6, 6.07) is 12.5. The first-order chi connectivity index (χ1) is 14.5. The van der Waals surface area contributed by atoms with Gasteiger partial charge in [-0.1, -0.05) is 51.8 Å². The number of hydrogen-bond acceptors (Lipinski definition) is 8. The first kappa shape index (κ1) is 18.4. The zero-order chi connectivity index (χ0) is 20.8. The van der Waals surface area contributed by atoms with Gasteiger partial charge in [0.2, 0.25) is 11.7 Å². The highest BCUT2D eigenvalue weighted by Gasteiger charge is 2.55. The molecule has 3 heterocycles. The average molecular weight is 423 g/mol. The summed E-state index contributed by atoms with van der Waals surface area (Å²) in [5, 5.41) is 13.8. The number of fused-ring (bicyclic) bond motifs is 1. The Hall–Kier alpha value is -3.59. The van der Waals surface area contributed by atoms with Gasteiger partial charge in [-0.3, -0.25) is 14.6 Å².